The number of nitrogens with zero attached hydrogens (tertiary/aromatic N) is 1. The molecule has 0 unspecified atom stereocenters. The van der Waals surface area contributed by atoms with E-state index in [1.807, 2.05) is 42.5 Å². The molecule has 1 saturated carbocycles. The molecule has 5 rings (SSSR count). The number of aromatic nitrogens is 1. The van der Waals surface area contributed by atoms with Gasteiger partial charge in [-0.25, -0.2) is 4.98 Å². The van der Waals surface area contributed by atoms with Crippen molar-refractivity contribution in [2.24, 2.45) is 5.92 Å². The molecule has 5 atom stereocenters. The zero-order chi connectivity index (χ0) is 24.3. The molecule has 0 spiro atoms. The number of aliphatic hydroxyl groups is 2. The van der Waals surface area contributed by atoms with Gasteiger partial charge in [-0.05, 0) is 23.3 Å². The molecule has 34 heavy (non-hydrogen) atoms. The normalized spacial score (nSPS) is 29.2. The number of nitrogens with one attached hydrogen (secondary N) is 1. The lowest BCUT2D eigenvalue weighted by molar-refractivity contribution is -0.154. The first kappa shape index (κ1) is 23.1. The first-order valence-corrected chi connectivity index (χ1v) is 11.8. The van der Waals surface area contributed by atoms with Crippen LogP contribution in [-0.4, -0.2) is 41.4 Å². The predicted molar refractivity (Wildman–Crippen MR) is 129 cm³/mol. The lowest BCUT2D eigenvalue weighted by Gasteiger charge is -2.40. The number of benzene rings is 2. The molecule has 1 aliphatic heterocycles. The largest absolute Gasteiger partial charge is 0.481 e. The highest BCUT2D eigenvalue weighted by molar-refractivity contribution is 9.10. The zero-order valence-electron chi connectivity index (χ0n) is 18.3. The van der Waals surface area contributed by atoms with E-state index in [0.717, 1.165) is 10.0 Å². The van der Waals surface area contributed by atoms with Crippen LogP contribution in [0.4, 0.5) is 0 Å². The van der Waals surface area contributed by atoms with E-state index in [-0.39, 0.29) is 22.3 Å². The van der Waals surface area contributed by atoms with Crippen LogP contribution in [-0.2, 0) is 16.0 Å². The zero-order valence-corrected chi connectivity index (χ0v) is 20.7. The second-order valence-corrected chi connectivity index (χ2v) is 9.71. The van der Waals surface area contributed by atoms with E-state index >= 15 is 0 Å². The van der Waals surface area contributed by atoms with Crippen LogP contribution in [0.3, 0.4) is 0 Å². The van der Waals surface area contributed by atoms with Gasteiger partial charge in [0.05, 0.1) is 18.6 Å². The Kier molecular flexibility index (Phi) is 5.60. The summed E-state index contributed by atoms with van der Waals surface area (Å²) in [5.41, 5.74) is -2.22. The van der Waals surface area contributed by atoms with Crippen molar-refractivity contribution in [3.8, 4) is 11.6 Å². The first-order chi connectivity index (χ1) is 16.3. The molecule has 1 fully saturated rings. The van der Waals surface area contributed by atoms with Crippen LogP contribution in [0.5, 0.6) is 11.6 Å². The standard InChI is InChI=1S/C25H22BrClN2O5/c1-28-22(31)18-19(13-6-4-3-5-7-13)25(14-8-10-15(26)11-9-14)24(32,21(18)30)20-16(34-25)12-17(27)29-23(20)33-2/h3-12,18-19,21,30,32H,1-2H3,(H,28,31)/t18-,19-,21-,24+,25+/m1/s1. The lowest BCUT2D eigenvalue weighted by Crippen LogP contribution is -2.52. The minimum atomic E-state index is -2.09. The number of carbonyl (C=O) groups excluding carboxylic acids is 1. The SMILES string of the molecule is CNC(=O)[C@H]1[C@@H](O)[C@@]2(O)c3c(cc(Cl)nc3OC)O[C@@]2(c2ccc(Br)cc2)[C@@H]1c1ccccc1. The summed E-state index contributed by atoms with van der Waals surface area (Å²) in [6.45, 7) is 0. The average molecular weight is 546 g/mol. The van der Waals surface area contributed by atoms with E-state index in [1.165, 1.54) is 20.2 Å². The van der Waals surface area contributed by atoms with Crippen molar-refractivity contribution in [1.82, 2.24) is 10.3 Å². The highest BCUT2D eigenvalue weighted by atomic mass is 79.9. The molecule has 176 valence electrons. The number of fused-ring (bicyclic) bond motifs is 3. The fourth-order valence-corrected chi connectivity index (χ4v) is 6.01. The molecule has 3 N–H and O–H groups in total. The summed E-state index contributed by atoms with van der Waals surface area (Å²) in [5.74, 6) is -1.99. The van der Waals surface area contributed by atoms with Crippen LogP contribution >= 0.6 is 27.5 Å². The van der Waals surface area contributed by atoms with Crippen LogP contribution in [0, 0.1) is 5.92 Å². The Labute approximate surface area is 209 Å². The van der Waals surface area contributed by atoms with E-state index in [1.54, 1.807) is 12.1 Å². The molecule has 7 nitrogen and oxygen atoms in total. The fourth-order valence-electron chi connectivity index (χ4n) is 5.57. The maximum absolute atomic E-state index is 13.2. The third-order valence-corrected chi connectivity index (χ3v) is 7.60. The van der Waals surface area contributed by atoms with Crippen molar-refractivity contribution in [3.63, 3.8) is 0 Å². The van der Waals surface area contributed by atoms with E-state index in [4.69, 9.17) is 21.1 Å². The fraction of sp³-hybridized carbons (Fsp3) is 0.280. The van der Waals surface area contributed by atoms with Gasteiger partial charge in [0.1, 0.15) is 17.0 Å². The number of amides is 1. The molecule has 2 aromatic carbocycles. The molecular formula is C25H22BrClN2O5. The van der Waals surface area contributed by atoms with Gasteiger partial charge in [0.15, 0.2) is 11.2 Å². The number of halogens is 2. The van der Waals surface area contributed by atoms with Gasteiger partial charge >= 0.3 is 0 Å². The topological polar surface area (TPSA) is 101 Å². The predicted octanol–water partition coefficient (Wildman–Crippen LogP) is 3.50. The van der Waals surface area contributed by atoms with Crippen LogP contribution in [0.1, 0.15) is 22.6 Å². The van der Waals surface area contributed by atoms with Crippen LogP contribution in [0.15, 0.2) is 65.1 Å². The van der Waals surface area contributed by atoms with Gasteiger partial charge in [-0.15, -0.1) is 0 Å². The molecule has 0 radical (unpaired) electrons. The summed E-state index contributed by atoms with van der Waals surface area (Å²) in [5, 5.41) is 27.0. The van der Waals surface area contributed by atoms with Crippen molar-refractivity contribution < 1.29 is 24.5 Å². The van der Waals surface area contributed by atoms with E-state index in [0.29, 0.717) is 5.56 Å². The number of rotatable bonds is 4. The molecule has 1 aromatic heterocycles. The van der Waals surface area contributed by atoms with E-state index in [2.05, 4.69) is 26.2 Å². The van der Waals surface area contributed by atoms with Crippen molar-refractivity contribution >= 4 is 33.4 Å². The molecule has 2 aliphatic rings. The third kappa shape index (κ3) is 2.95. The van der Waals surface area contributed by atoms with Gasteiger partial charge < -0.3 is 25.0 Å². The number of pyridine rings is 1. The Morgan fingerprint density at radius 3 is 2.50 bits per heavy atom. The summed E-state index contributed by atoms with van der Waals surface area (Å²) in [4.78, 5) is 17.4. The molecule has 1 aliphatic carbocycles. The van der Waals surface area contributed by atoms with Crippen LogP contribution in [0.2, 0.25) is 5.15 Å². The molecule has 2 heterocycles. The Morgan fingerprint density at radius 2 is 1.88 bits per heavy atom. The van der Waals surface area contributed by atoms with Gasteiger partial charge in [0, 0.05) is 23.5 Å². The molecular weight excluding hydrogens is 524 g/mol. The van der Waals surface area contributed by atoms with Gasteiger partial charge in [-0.3, -0.25) is 4.79 Å². The number of hydrogen-bond donors (Lipinski definition) is 3. The van der Waals surface area contributed by atoms with Crippen molar-refractivity contribution in [3.05, 3.63) is 87.0 Å². The number of hydrogen-bond acceptors (Lipinski definition) is 6. The lowest BCUT2D eigenvalue weighted by atomic mass is 9.71. The van der Waals surface area contributed by atoms with Gasteiger partial charge in [0.25, 0.3) is 0 Å². The molecule has 3 aromatic rings. The Morgan fingerprint density at radius 1 is 1.21 bits per heavy atom. The van der Waals surface area contributed by atoms with Crippen molar-refractivity contribution in [2.45, 2.75) is 23.2 Å². The highest BCUT2D eigenvalue weighted by Gasteiger charge is 2.78. The molecule has 1 amide bonds. The van der Waals surface area contributed by atoms with Crippen LogP contribution in [0.25, 0.3) is 0 Å². The molecule has 0 saturated heterocycles. The molecule has 9 heteroatoms. The minimum absolute atomic E-state index is 0.0207. The highest BCUT2D eigenvalue weighted by Crippen LogP contribution is 2.69. The maximum Gasteiger partial charge on any atom is 0.226 e. The third-order valence-electron chi connectivity index (χ3n) is 6.88. The van der Waals surface area contributed by atoms with Crippen LogP contribution < -0.4 is 14.8 Å². The Hall–Kier alpha value is -2.65. The summed E-state index contributed by atoms with van der Waals surface area (Å²) in [7, 11) is 2.90. The summed E-state index contributed by atoms with van der Waals surface area (Å²) < 4.78 is 12.9. The van der Waals surface area contributed by atoms with Gasteiger partial charge in [0.2, 0.25) is 11.8 Å². The average Bonchev–Trinajstić information content (AvgIpc) is 3.21. The summed E-state index contributed by atoms with van der Waals surface area (Å²) in [6, 6.07) is 18.0. The smallest absolute Gasteiger partial charge is 0.226 e. The van der Waals surface area contributed by atoms with Gasteiger partial charge in [-0.2, -0.15) is 0 Å². The van der Waals surface area contributed by atoms with Gasteiger partial charge in [-0.1, -0.05) is 70.0 Å². The Balaban J connectivity index is 1.90. The van der Waals surface area contributed by atoms with Crippen molar-refractivity contribution in [1.29, 1.82) is 0 Å². The number of methoxy groups -OCH3 is 1. The maximum atomic E-state index is 13.2. The first-order valence-electron chi connectivity index (χ1n) is 10.7. The summed E-state index contributed by atoms with van der Waals surface area (Å²) in [6.07, 6.45) is -1.56. The second kappa shape index (κ2) is 8.23. The quantitative estimate of drug-likeness (QED) is 0.434. The Bertz CT molecular complexity index is 1260. The number of ether oxygens (including phenoxy) is 2. The monoisotopic (exact) mass is 544 g/mol. The molecule has 0 bridgehead atoms. The van der Waals surface area contributed by atoms with E-state index in [9.17, 15) is 15.0 Å². The summed E-state index contributed by atoms with van der Waals surface area (Å²) >= 11 is 9.68. The number of carbonyl (C=O) groups is 1. The number of aliphatic hydroxyl groups excluding tert-OH is 1. The second-order valence-electron chi connectivity index (χ2n) is 8.41. The minimum Gasteiger partial charge on any atom is -0.481 e. The van der Waals surface area contributed by atoms with E-state index < -0.39 is 35.0 Å². The van der Waals surface area contributed by atoms with Crippen molar-refractivity contribution in [2.75, 3.05) is 14.2 Å².